The lowest BCUT2D eigenvalue weighted by molar-refractivity contribution is 0.0703. The van der Waals surface area contributed by atoms with Crippen LogP contribution in [0.15, 0.2) is 24.3 Å². The quantitative estimate of drug-likeness (QED) is 0.707. The van der Waals surface area contributed by atoms with Gasteiger partial charge in [-0.3, -0.25) is 4.79 Å². The van der Waals surface area contributed by atoms with E-state index >= 15 is 0 Å². The normalized spacial score (nSPS) is 30.1. The number of hydrogen-bond acceptors (Lipinski definition) is 2. The molecule has 1 saturated heterocycles. The molecule has 2 fully saturated rings. The molecule has 2 bridgehead atoms. The summed E-state index contributed by atoms with van der Waals surface area (Å²) < 4.78 is 1.03. The van der Waals surface area contributed by atoms with Crippen LogP contribution in [0.2, 0.25) is 5.02 Å². The second-order valence-electron chi connectivity index (χ2n) is 7.16. The Kier molecular flexibility index (Phi) is 3.89. The molecule has 2 heterocycles. The fraction of sp³-hybridized carbons (Fsp3) is 0.526. The van der Waals surface area contributed by atoms with Crippen LogP contribution in [-0.4, -0.2) is 23.4 Å². The van der Waals surface area contributed by atoms with Crippen molar-refractivity contribution in [2.24, 2.45) is 17.8 Å². The van der Waals surface area contributed by atoms with Gasteiger partial charge in [0.15, 0.2) is 0 Å². The number of thiophene rings is 1. The summed E-state index contributed by atoms with van der Waals surface area (Å²) in [4.78, 5) is 16.1. The SMILES string of the molecule is CC[C@@H]1C[C@H]2CN(C(=O)c3cc4cccc(Cl)c4s3)[C@@H](C1)C2C. The van der Waals surface area contributed by atoms with Crippen LogP contribution in [0.1, 0.15) is 42.8 Å². The zero-order valence-electron chi connectivity index (χ0n) is 13.6. The molecule has 1 saturated carbocycles. The summed E-state index contributed by atoms with van der Waals surface area (Å²) in [5, 5.41) is 1.82. The summed E-state index contributed by atoms with van der Waals surface area (Å²) in [6, 6.07) is 8.31. The third-order valence-electron chi connectivity index (χ3n) is 5.94. The number of nitrogens with zero attached hydrogens (tertiary/aromatic N) is 1. The maximum absolute atomic E-state index is 13.1. The minimum atomic E-state index is 0.207. The van der Waals surface area contributed by atoms with E-state index in [0.717, 1.165) is 32.4 Å². The van der Waals surface area contributed by atoms with Crippen LogP contribution >= 0.6 is 22.9 Å². The zero-order chi connectivity index (χ0) is 16.1. The Morgan fingerprint density at radius 1 is 1.39 bits per heavy atom. The van der Waals surface area contributed by atoms with Gasteiger partial charge in [-0.1, -0.05) is 44.0 Å². The van der Waals surface area contributed by atoms with Crippen molar-refractivity contribution in [1.82, 2.24) is 4.90 Å². The van der Waals surface area contributed by atoms with Gasteiger partial charge < -0.3 is 4.90 Å². The number of halogens is 1. The van der Waals surface area contributed by atoms with Crippen LogP contribution in [-0.2, 0) is 0 Å². The molecule has 1 aliphatic heterocycles. The first kappa shape index (κ1) is 15.5. The first-order chi connectivity index (χ1) is 11.1. The molecule has 2 aromatic rings. The van der Waals surface area contributed by atoms with Gasteiger partial charge in [0.1, 0.15) is 0 Å². The largest absolute Gasteiger partial charge is 0.334 e. The van der Waals surface area contributed by atoms with E-state index in [-0.39, 0.29) is 5.91 Å². The minimum absolute atomic E-state index is 0.207. The van der Waals surface area contributed by atoms with Crippen LogP contribution in [0.25, 0.3) is 10.1 Å². The van der Waals surface area contributed by atoms with E-state index in [1.807, 2.05) is 24.3 Å². The smallest absolute Gasteiger partial charge is 0.264 e. The number of likely N-dealkylation sites (tertiary alicyclic amines) is 1. The number of carbonyl (C=O) groups excluding carboxylic acids is 1. The van der Waals surface area contributed by atoms with E-state index < -0.39 is 0 Å². The van der Waals surface area contributed by atoms with E-state index in [0.29, 0.717) is 17.9 Å². The summed E-state index contributed by atoms with van der Waals surface area (Å²) >= 11 is 7.81. The Labute approximate surface area is 146 Å². The Morgan fingerprint density at radius 2 is 2.22 bits per heavy atom. The van der Waals surface area contributed by atoms with Crippen molar-refractivity contribution in [1.29, 1.82) is 0 Å². The average molecular weight is 348 g/mol. The predicted octanol–water partition coefficient (Wildman–Crippen LogP) is 5.45. The highest BCUT2D eigenvalue weighted by molar-refractivity contribution is 7.21. The lowest BCUT2D eigenvalue weighted by Crippen LogP contribution is -2.38. The lowest BCUT2D eigenvalue weighted by Gasteiger charge is -2.33. The van der Waals surface area contributed by atoms with Gasteiger partial charge in [0.2, 0.25) is 0 Å². The molecule has 0 spiro atoms. The van der Waals surface area contributed by atoms with Crippen LogP contribution in [0.3, 0.4) is 0 Å². The fourth-order valence-electron chi connectivity index (χ4n) is 4.49. The monoisotopic (exact) mass is 347 g/mol. The second kappa shape index (κ2) is 5.78. The summed E-state index contributed by atoms with van der Waals surface area (Å²) in [6.07, 6.45) is 3.70. The molecular formula is C19H22ClNOS. The lowest BCUT2D eigenvalue weighted by atomic mass is 9.74. The van der Waals surface area contributed by atoms with Crippen LogP contribution in [0.5, 0.6) is 0 Å². The van der Waals surface area contributed by atoms with E-state index in [9.17, 15) is 4.79 Å². The van der Waals surface area contributed by atoms with Crippen molar-refractivity contribution < 1.29 is 4.79 Å². The number of hydrogen-bond donors (Lipinski definition) is 0. The number of fused-ring (bicyclic) bond motifs is 3. The van der Waals surface area contributed by atoms with Gasteiger partial charge in [0.05, 0.1) is 14.6 Å². The highest BCUT2D eigenvalue weighted by atomic mass is 35.5. The van der Waals surface area contributed by atoms with Crippen molar-refractivity contribution in [2.75, 3.05) is 6.54 Å². The highest BCUT2D eigenvalue weighted by Gasteiger charge is 2.46. The topological polar surface area (TPSA) is 20.3 Å². The van der Waals surface area contributed by atoms with Crippen LogP contribution in [0, 0.1) is 17.8 Å². The maximum Gasteiger partial charge on any atom is 0.264 e. The molecule has 0 N–H and O–H groups in total. The third-order valence-corrected chi connectivity index (χ3v) is 7.54. The van der Waals surface area contributed by atoms with Crippen molar-refractivity contribution in [3.05, 3.63) is 34.2 Å². The van der Waals surface area contributed by atoms with Crippen LogP contribution < -0.4 is 0 Å². The molecule has 122 valence electrons. The molecule has 4 rings (SSSR count). The Morgan fingerprint density at radius 3 is 2.96 bits per heavy atom. The molecule has 1 amide bonds. The van der Waals surface area contributed by atoms with Gasteiger partial charge in [-0.2, -0.15) is 0 Å². The highest BCUT2D eigenvalue weighted by Crippen LogP contribution is 2.45. The van der Waals surface area contributed by atoms with Crippen molar-refractivity contribution >= 4 is 38.9 Å². The van der Waals surface area contributed by atoms with Gasteiger partial charge in [-0.05, 0) is 48.1 Å². The van der Waals surface area contributed by atoms with Crippen molar-refractivity contribution in [3.63, 3.8) is 0 Å². The number of rotatable bonds is 2. The van der Waals surface area contributed by atoms with E-state index in [1.54, 1.807) is 0 Å². The fourth-order valence-corrected chi connectivity index (χ4v) is 5.81. The molecule has 0 radical (unpaired) electrons. The molecule has 1 unspecified atom stereocenters. The Hall–Kier alpha value is -1.06. The molecule has 4 heteroatoms. The predicted molar refractivity (Wildman–Crippen MR) is 97.3 cm³/mol. The number of amides is 1. The maximum atomic E-state index is 13.1. The number of benzene rings is 1. The van der Waals surface area contributed by atoms with Gasteiger partial charge >= 0.3 is 0 Å². The van der Waals surface area contributed by atoms with Crippen molar-refractivity contribution in [2.45, 2.75) is 39.2 Å². The van der Waals surface area contributed by atoms with Gasteiger partial charge in [0, 0.05) is 12.6 Å². The summed E-state index contributed by atoms with van der Waals surface area (Å²) in [6.45, 7) is 5.54. The van der Waals surface area contributed by atoms with E-state index in [4.69, 9.17) is 11.6 Å². The van der Waals surface area contributed by atoms with Gasteiger partial charge in [-0.15, -0.1) is 11.3 Å². The van der Waals surface area contributed by atoms with E-state index in [1.165, 1.54) is 30.6 Å². The zero-order valence-corrected chi connectivity index (χ0v) is 15.2. The average Bonchev–Trinajstić information content (AvgIpc) is 3.04. The third kappa shape index (κ3) is 2.49. The van der Waals surface area contributed by atoms with Gasteiger partial charge in [-0.25, -0.2) is 0 Å². The summed E-state index contributed by atoms with van der Waals surface area (Å²) in [7, 11) is 0. The first-order valence-electron chi connectivity index (χ1n) is 8.57. The standard InChI is InChI=1S/C19H22ClNOS/c1-3-12-7-14-10-21(16(8-12)11(14)2)19(22)17-9-13-5-4-6-15(20)18(13)23-17/h4-6,9,11-12,14,16H,3,7-8,10H2,1-2H3/t11?,12-,14+,16+/m1/s1. The van der Waals surface area contributed by atoms with Gasteiger partial charge in [0.25, 0.3) is 5.91 Å². The second-order valence-corrected chi connectivity index (χ2v) is 8.62. The molecule has 4 atom stereocenters. The summed E-state index contributed by atoms with van der Waals surface area (Å²) in [5.41, 5.74) is 0. The molecule has 23 heavy (non-hydrogen) atoms. The molecule has 1 aliphatic carbocycles. The minimum Gasteiger partial charge on any atom is -0.334 e. The molecule has 1 aromatic carbocycles. The molecule has 2 aliphatic rings. The van der Waals surface area contributed by atoms with Crippen LogP contribution in [0.4, 0.5) is 0 Å². The first-order valence-corrected chi connectivity index (χ1v) is 9.77. The van der Waals surface area contributed by atoms with Crippen molar-refractivity contribution in [3.8, 4) is 0 Å². The molecular weight excluding hydrogens is 326 g/mol. The van der Waals surface area contributed by atoms with E-state index in [2.05, 4.69) is 18.7 Å². The molecule has 1 aromatic heterocycles. The Balaban J connectivity index is 1.65. The Bertz CT molecular complexity index is 755. The summed E-state index contributed by atoms with van der Waals surface area (Å²) in [5.74, 6) is 2.31. The number of carbonyl (C=O) groups is 1. The molecule has 2 nitrogen and oxygen atoms in total.